The van der Waals surface area contributed by atoms with Gasteiger partial charge in [-0.1, -0.05) is 0 Å². The molecule has 0 spiro atoms. The molecule has 0 aliphatic rings. The third-order valence-electron chi connectivity index (χ3n) is 0.580. The van der Waals surface area contributed by atoms with Crippen LogP contribution in [0.25, 0.3) is 0 Å². The first-order chi connectivity index (χ1) is 3.41. The average Bonchev–Trinajstić information content (AvgIpc) is 1.69. The maximum absolute atomic E-state index is 9.50. The summed E-state index contributed by atoms with van der Waals surface area (Å²) >= 11 is 0. The summed E-state index contributed by atoms with van der Waals surface area (Å²) in [7, 11) is 0. The van der Waals surface area contributed by atoms with Crippen molar-refractivity contribution in [3.05, 3.63) is 19.1 Å². The molecule has 1 radical (unpaired) electrons. The summed E-state index contributed by atoms with van der Waals surface area (Å²) < 4.78 is 0. The van der Waals surface area contributed by atoms with Crippen LogP contribution >= 0.6 is 0 Å². The van der Waals surface area contributed by atoms with E-state index in [1.54, 1.807) is 12.4 Å². The Hall–Kier alpha value is 0.384. The summed E-state index contributed by atoms with van der Waals surface area (Å²) in [5.74, 6) is 0. The van der Waals surface area contributed by atoms with Crippen LogP contribution in [0.2, 0.25) is 0 Å². The molecule has 8 heavy (non-hydrogen) atoms. The van der Waals surface area contributed by atoms with Crippen LogP contribution in [0.3, 0.4) is 0 Å². The Kier molecular flexibility index (Phi) is 14.6. The molecule has 0 aliphatic carbocycles. The fourth-order valence-electron chi connectivity index (χ4n) is 0.260. The first-order valence-electron chi connectivity index (χ1n) is 2.21. The minimum absolute atomic E-state index is 0. The monoisotopic (exact) mass is 185 g/mol. The number of hydrogen-bond donors (Lipinski definition) is 0. The number of rotatable bonds is 3. The Balaban J connectivity index is 0. The number of allylic oxidation sites excluding steroid dienone is 2. The van der Waals surface area contributed by atoms with Gasteiger partial charge >= 0.3 is 0 Å². The molecule has 0 atom stereocenters. The molecule has 0 heterocycles. The Bertz CT molecular complexity index is 68.9. The van der Waals surface area contributed by atoms with E-state index in [2.05, 4.69) is 6.92 Å². The molecule has 1 nitrogen and oxygen atoms in total. The Morgan fingerprint density at radius 2 is 2.25 bits per heavy atom. The zero-order chi connectivity index (χ0) is 5.54. The van der Waals surface area contributed by atoms with E-state index in [0.717, 1.165) is 6.42 Å². The van der Waals surface area contributed by atoms with Crippen molar-refractivity contribution in [2.45, 2.75) is 12.8 Å². The summed E-state index contributed by atoms with van der Waals surface area (Å²) in [5, 5.41) is 0. The zero-order valence-electron chi connectivity index (χ0n) is 4.76. The summed E-state index contributed by atoms with van der Waals surface area (Å²) in [5.41, 5.74) is 0. The fraction of sp³-hybridized carbons (Fsp3) is 0.333. The summed E-state index contributed by atoms with van der Waals surface area (Å²) in [4.78, 5) is 9.50. The van der Waals surface area contributed by atoms with Crippen molar-refractivity contribution in [1.29, 1.82) is 0 Å². The van der Waals surface area contributed by atoms with E-state index in [-0.39, 0.29) is 32.7 Å². The molecule has 0 saturated carbocycles. The molecular formula is C6H8OY-2. The average molecular weight is 185 g/mol. The van der Waals surface area contributed by atoms with Gasteiger partial charge in [-0.05, 0) is 0 Å². The van der Waals surface area contributed by atoms with Crippen molar-refractivity contribution in [3.63, 3.8) is 0 Å². The van der Waals surface area contributed by atoms with Crippen molar-refractivity contribution in [2.24, 2.45) is 0 Å². The Morgan fingerprint density at radius 1 is 1.62 bits per heavy atom. The molecular weight excluding hydrogens is 177 g/mol. The largest absolute Gasteiger partial charge is 0.542 e. The van der Waals surface area contributed by atoms with Crippen molar-refractivity contribution in [3.8, 4) is 0 Å². The summed E-state index contributed by atoms with van der Waals surface area (Å²) in [6, 6.07) is 0. The van der Waals surface area contributed by atoms with Gasteiger partial charge in [0.15, 0.2) is 0 Å². The van der Waals surface area contributed by atoms with Crippen LogP contribution in [0.4, 0.5) is 0 Å². The Morgan fingerprint density at radius 3 is 2.62 bits per heavy atom. The van der Waals surface area contributed by atoms with Gasteiger partial charge in [0, 0.05) is 32.7 Å². The second-order valence-corrected chi connectivity index (χ2v) is 1.15. The van der Waals surface area contributed by atoms with E-state index in [1.807, 2.05) is 6.08 Å². The van der Waals surface area contributed by atoms with Gasteiger partial charge in [-0.3, -0.25) is 6.29 Å². The fourth-order valence-corrected chi connectivity index (χ4v) is 0.260. The molecule has 0 fully saturated rings. The standard InChI is InChI=1S/C6H8O.Y/c1-2-3-4-5-6-7;/h2-3H,1,4-5H2;/q-2;/b3-2-;. The smallest absolute Gasteiger partial charge is 0 e. The molecule has 0 aromatic rings. The zero-order valence-corrected chi connectivity index (χ0v) is 7.60. The van der Waals surface area contributed by atoms with Crippen molar-refractivity contribution in [1.82, 2.24) is 0 Å². The molecule has 0 aliphatic heterocycles. The van der Waals surface area contributed by atoms with E-state index in [0.29, 0.717) is 6.42 Å². The Labute approximate surface area is 75.4 Å². The number of unbranched alkanes of at least 4 members (excludes halogenated alkanes) is 1. The summed E-state index contributed by atoms with van der Waals surface area (Å²) in [6.07, 6.45) is 6.55. The van der Waals surface area contributed by atoms with Crippen LogP contribution in [-0.4, -0.2) is 6.29 Å². The van der Waals surface area contributed by atoms with Crippen LogP contribution < -0.4 is 0 Å². The van der Waals surface area contributed by atoms with E-state index in [9.17, 15) is 4.79 Å². The third kappa shape index (κ3) is 9.63. The molecule has 43 valence electrons. The van der Waals surface area contributed by atoms with Gasteiger partial charge in [0.2, 0.25) is 0 Å². The van der Waals surface area contributed by atoms with E-state index >= 15 is 0 Å². The van der Waals surface area contributed by atoms with Gasteiger partial charge < -0.3 is 4.79 Å². The van der Waals surface area contributed by atoms with Crippen LogP contribution in [0.1, 0.15) is 12.8 Å². The van der Waals surface area contributed by atoms with Gasteiger partial charge in [-0.25, -0.2) is 19.1 Å². The second-order valence-electron chi connectivity index (χ2n) is 1.15. The molecule has 0 aromatic carbocycles. The van der Waals surface area contributed by atoms with Crippen LogP contribution in [0, 0.1) is 6.92 Å². The van der Waals surface area contributed by atoms with Gasteiger partial charge in [-0.15, -0.1) is 6.42 Å². The molecule has 0 bridgehead atoms. The molecule has 0 unspecified atom stereocenters. The van der Waals surface area contributed by atoms with Crippen LogP contribution in [0.15, 0.2) is 12.2 Å². The van der Waals surface area contributed by atoms with Gasteiger partial charge in [0.25, 0.3) is 0 Å². The minimum Gasteiger partial charge on any atom is -0.542 e. The molecule has 0 amide bonds. The summed E-state index contributed by atoms with van der Waals surface area (Å²) in [6.45, 7) is 3.45. The maximum Gasteiger partial charge on any atom is 0 e. The third-order valence-corrected chi connectivity index (χ3v) is 0.580. The number of hydrogen-bond acceptors (Lipinski definition) is 1. The van der Waals surface area contributed by atoms with Gasteiger partial charge in [0.05, 0.1) is 0 Å². The molecule has 0 rings (SSSR count). The predicted molar refractivity (Wildman–Crippen MR) is 29.4 cm³/mol. The van der Waals surface area contributed by atoms with Crippen LogP contribution in [-0.2, 0) is 37.5 Å². The van der Waals surface area contributed by atoms with Gasteiger partial charge in [0.1, 0.15) is 0 Å². The predicted octanol–water partition coefficient (Wildman–Crippen LogP) is 1.26. The quantitative estimate of drug-likeness (QED) is 0.477. The molecule has 0 aromatic heterocycles. The van der Waals surface area contributed by atoms with Crippen molar-refractivity contribution in [2.75, 3.05) is 0 Å². The topological polar surface area (TPSA) is 17.1 Å². The van der Waals surface area contributed by atoms with E-state index in [1.165, 1.54) is 0 Å². The molecule has 0 saturated heterocycles. The van der Waals surface area contributed by atoms with Gasteiger partial charge in [-0.2, -0.15) is 6.42 Å². The first kappa shape index (κ1) is 11.2. The second kappa shape index (κ2) is 10.4. The molecule has 2 heteroatoms. The van der Waals surface area contributed by atoms with Crippen molar-refractivity contribution >= 4 is 6.29 Å². The first-order valence-corrected chi connectivity index (χ1v) is 2.21. The van der Waals surface area contributed by atoms with E-state index < -0.39 is 0 Å². The maximum atomic E-state index is 9.50. The SMILES string of the molecule is [CH2-]/C=C\CC[C-]=O.[Y]. The van der Waals surface area contributed by atoms with E-state index in [4.69, 9.17) is 0 Å². The van der Waals surface area contributed by atoms with Crippen molar-refractivity contribution < 1.29 is 37.5 Å². The normalized spacial score (nSPS) is 8.50. The number of carbonyl (C=O) groups excluding carboxylic acids is 1. The van der Waals surface area contributed by atoms with Crippen LogP contribution in [0.5, 0.6) is 0 Å². The molecule has 0 N–H and O–H groups in total. The minimum atomic E-state index is 0.